The summed E-state index contributed by atoms with van der Waals surface area (Å²) in [5.41, 5.74) is 1.31. The van der Waals surface area contributed by atoms with Gasteiger partial charge in [-0.15, -0.1) is 0 Å². The van der Waals surface area contributed by atoms with E-state index in [2.05, 4.69) is 11.4 Å². The number of benzene rings is 3. The Morgan fingerprint density at radius 1 is 0.933 bits per heavy atom. The quantitative estimate of drug-likeness (QED) is 0.495. The molecule has 30 heavy (non-hydrogen) atoms. The number of non-ortho nitro benzene ring substituents is 1. The van der Waals surface area contributed by atoms with Gasteiger partial charge >= 0.3 is 0 Å². The molecule has 148 valence electrons. The smallest absolute Gasteiger partial charge is 0.269 e. The lowest BCUT2D eigenvalue weighted by Crippen LogP contribution is -2.32. The molecule has 0 heterocycles. The highest BCUT2D eigenvalue weighted by Gasteiger charge is 2.71. The Bertz CT molecular complexity index is 1110. The van der Waals surface area contributed by atoms with E-state index in [1.807, 2.05) is 60.7 Å². The van der Waals surface area contributed by atoms with Crippen LogP contribution in [0.5, 0.6) is 0 Å². The molecule has 1 N–H and O–H groups in total. The summed E-state index contributed by atoms with van der Waals surface area (Å²) < 4.78 is 0. The summed E-state index contributed by atoms with van der Waals surface area (Å²) in [5, 5.41) is 24.0. The second kappa shape index (κ2) is 7.80. The maximum Gasteiger partial charge on any atom is 0.269 e. The van der Waals surface area contributed by atoms with Gasteiger partial charge in [-0.05, 0) is 16.7 Å². The Morgan fingerprint density at radius 3 is 2.00 bits per heavy atom. The van der Waals surface area contributed by atoms with Crippen molar-refractivity contribution in [2.75, 3.05) is 0 Å². The molecule has 0 unspecified atom stereocenters. The number of nitro groups is 1. The van der Waals surface area contributed by atoms with E-state index in [9.17, 15) is 20.2 Å². The fraction of sp³-hybridized carbons (Fsp3) is 0.167. The molecule has 0 aliphatic heterocycles. The molecule has 1 amide bonds. The van der Waals surface area contributed by atoms with E-state index in [4.69, 9.17) is 0 Å². The molecular formula is C24H19N3O3. The molecule has 3 atom stereocenters. The first-order valence-electron chi connectivity index (χ1n) is 9.60. The first-order chi connectivity index (χ1) is 14.6. The molecule has 4 rings (SSSR count). The van der Waals surface area contributed by atoms with Gasteiger partial charge < -0.3 is 5.32 Å². The van der Waals surface area contributed by atoms with Crippen LogP contribution in [0.4, 0.5) is 5.69 Å². The number of carbonyl (C=O) groups is 1. The van der Waals surface area contributed by atoms with Gasteiger partial charge in [0.2, 0.25) is 5.91 Å². The number of rotatable bonds is 6. The van der Waals surface area contributed by atoms with Crippen LogP contribution in [0, 0.1) is 26.9 Å². The predicted octanol–water partition coefficient (Wildman–Crippen LogP) is 4.30. The Balaban J connectivity index is 1.66. The molecule has 0 spiro atoms. The van der Waals surface area contributed by atoms with Gasteiger partial charge in [0.05, 0.1) is 11.0 Å². The largest absolute Gasteiger partial charge is 0.351 e. The molecule has 1 aliphatic rings. The van der Waals surface area contributed by atoms with Gasteiger partial charge in [-0.25, -0.2) is 0 Å². The van der Waals surface area contributed by atoms with Crippen molar-refractivity contribution in [2.45, 2.75) is 18.4 Å². The number of amides is 1. The maximum absolute atomic E-state index is 13.2. The molecule has 1 aliphatic carbocycles. The van der Waals surface area contributed by atoms with E-state index < -0.39 is 10.3 Å². The number of hydrogen-bond donors (Lipinski definition) is 1. The van der Waals surface area contributed by atoms with Crippen LogP contribution in [0.1, 0.15) is 28.5 Å². The highest BCUT2D eigenvalue weighted by atomic mass is 16.6. The highest BCUT2D eigenvalue weighted by Crippen LogP contribution is 2.70. The monoisotopic (exact) mass is 397 g/mol. The molecule has 1 fully saturated rings. The summed E-state index contributed by atoms with van der Waals surface area (Å²) >= 11 is 0. The molecule has 3 aromatic rings. The van der Waals surface area contributed by atoms with Gasteiger partial charge in [-0.3, -0.25) is 14.9 Å². The zero-order valence-corrected chi connectivity index (χ0v) is 16.1. The van der Waals surface area contributed by atoms with Crippen molar-refractivity contribution < 1.29 is 9.72 Å². The van der Waals surface area contributed by atoms with Gasteiger partial charge in [-0.1, -0.05) is 72.8 Å². The van der Waals surface area contributed by atoms with E-state index in [1.165, 1.54) is 12.1 Å². The predicted molar refractivity (Wildman–Crippen MR) is 111 cm³/mol. The maximum atomic E-state index is 13.2. The van der Waals surface area contributed by atoms with Crippen molar-refractivity contribution >= 4 is 11.6 Å². The minimum Gasteiger partial charge on any atom is -0.351 e. The lowest BCUT2D eigenvalue weighted by molar-refractivity contribution is -0.384. The number of nitrogens with zero attached hydrogens (tertiary/aromatic N) is 2. The van der Waals surface area contributed by atoms with E-state index in [-0.39, 0.29) is 23.4 Å². The van der Waals surface area contributed by atoms with E-state index in [0.29, 0.717) is 6.54 Å². The Morgan fingerprint density at radius 2 is 1.47 bits per heavy atom. The third kappa shape index (κ3) is 3.31. The van der Waals surface area contributed by atoms with Gasteiger partial charge in [0, 0.05) is 30.5 Å². The second-order valence-electron chi connectivity index (χ2n) is 7.36. The lowest BCUT2D eigenvalue weighted by Gasteiger charge is -2.11. The number of carbonyl (C=O) groups excluding carboxylic acids is 1. The molecule has 0 radical (unpaired) electrons. The summed E-state index contributed by atoms with van der Waals surface area (Å²) in [6.45, 7) is 0.331. The van der Waals surface area contributed by atoms with E-state index in [0.717, 1.165) is 16.7 Å². The summed E-state index contributed by atoms with van der Waals surface area (Å²) in [4.78, 5) is 23.8. The first-order valence-corrected chi connectivity index (χ1v) is 9.60. The third-order valence-corrected chi connectivity index (χ3v) is 5.68. The van der Waals surface area contributed by atoms with Gasteiger partial charge in [-0.2, -0.15) is 5.26 Å². The molecule has 3 aromatic carbocycles. The van der Waals surface area contributed by atoms with Crippen LogP contribution < -0.4 is 5.32 Å². The van der Waals surface area contributed by atoms with Crippen molar-refractivity contribution in [3.8, 4) is 6.07 Å². The second-order valence-corrected chi connectivity index (χ2v) is 7.36. The average molecular weight is 397 g/mol. The summed E-state index contributed by atoms with van der Waals surface area (Å²) in [7, 11) is 0. The fourth-order valence-electron chi connectivity index (χ4n) is 4.16. The minimum absolute atomic E-state index is 0.0215. The summed E-state index contributed by atoms with van der Waals surface area (Å²) in [6.07, 6.45) is 0. The molecule has 6 nitrogen and oxygen atoms in total. The summed E-state index contributed by atoms with van der Waals surface area (Å²) in [5.74, 6) is -1.02. The van der Waals surface area contributed by atoms with Crippen LogP contribution in [0.25, 0.3) is 0 Å². The Labute approximate surface area is 173 Å². The molecule has 0 aromatic heterocycles. The highest BCUT2D eigenvalue weighted by molar-refractivity contribution is 5.93. The van der Waals surface area contributed by atoms with Crippen LogP contribution in [-0.2, 0) is 11.3 Å². The number of hydrogen-bond acceptors (Lipinski definition) is 4. The zero-order chi connectivity index (χ0) is 21.1. The molecule has 6 heteroatoms. The van der Waals surface area contributed by atoms with E-state index >= 15 is 0 Å². The molecule has 0 saturated heterocycles. The zero-order valence-electron chi connectivity index (χ0n) is 16.1. The van der Waals surface area contributed by atoms with Crippen molar-refractivity contribution in [1.29, 1.82) is 5.26 Å². The van der Waals surface area contributed by atoms with Gasteiger partial charge in [0.15, 0.2) is 5.41 Å². The first kappa shape index (κ1) is 19.3. The Kier molecular flexibility index (Phi) is 5.03. The van der Waals surface area contributed by atoms with Crippen LogP contribution in [0.2, 0.25) is 0 Å². The lowest BCUT2D eigenvalue weighted by atomic mass is 9.97. The average Bonchev–Trinajstić information content (AvgIpc) is 3.49. The van der Waals surface area contributed by atoms with Crippen LogP contribution in [0.3, 0.4) is 0 Å². The molecule has 1 saturated carbocycles. The van der Waals surface area contributed by atoms with Gasteiger partial charge in [0.1, 0.15) is 0 Å². The fourth-order valence-corrected chi connectivity index (χ4v) is 4.16. The van der Waals surface area contributed by atoms with Crippen molar-refractivity contribution in [3.05, 3.63) is 112 Å². The minimum atomic E-state index is -1.26. The van der Waals surface area contributed by atoms with Gasteiger partial charge in [0.25, 0.3) is 5.69 Å². The van der Waals surface area contributed by atoms with E-state index in [1.54, 1.807) is 12.1 Å². The molecule has 0 bridgehead atoms. The van der Waals surface area contributed by atoms with Crippen LogP contribution >= 0.6 is 0 Å². The normalized spacial score (nSPS) is 22.0. The number of nitriles is 1. The standard InChI is InChI=1S/C24H19N3O3/c25-16-24(23(28)26-15-17-7-3-1-4-8-17)21(18-9-5-2-6-10-18)22(24)19-11-13-20(14-12-19)27(29)30/h1-14,21-22H,15H2,(H,26,28)/t21-,22-,24+/m0/s1. The van der Waals surface area contributed by atoms with Crippen LogP contribution in [-0.4, -0.2) is 10.8 Å². The van der Waals surface area contributed by atoms with Crippen molar-refractivity contribution in [3.63, 3.8) is 0 Å². The topological polar surface area (TPSA) is 96.0 Å². The number of nitro benzene ring substituents is 1. The third-order valence-electron chi connectivity index (χ3n) is 5.68. The Hall–Kier alpha value is -3.98. The van der Waals surface area contributed by atoms with Crippen LogP contribution in [0.15, 0.2) is 84.9 Å². The number of nitrogens with one attached hydrogen (secondary N) is 1. The summed E-state index contributed by atoms with van der Waals surface area (Å²) in [6, 6.07) is 27.4. The SMILES string of the molecule is N#C[C@@]1(C(=O)NCc2ccccc2)[C@@H](c2ccccc2)[C@@H]1c1ccc([N+](=O)[O-])cc1. The molecular weight excluding hydrogens is 378 g/mol. The van der Waals surface area contributed by atoms with Crippen molar-refractivity contribution in [1.82, 2.24) is 5.32 Å². The van der Waals surface area contributed by atoms with Crippen molar-refractivity contribution in [2.24, 2.45) is 5.41 Å².